The standard InChI is InChI=1S/C10H9BrN2O3/c1-2-3-10(14)12-7-4-5-8(11)9(6-7)13(15)16/h2-6H,1H3,(H,12,14). The summed E-state index contributed by atoms with van der Waals surface area (Å²) >= 11 is 3.06. The lowest BCUT2D eigenvalue weighted by atomic mass is 10.3. The fourth-order valence-electron chi connectivity index (χ4n) is 1.07. The zero-order chi connectivity index (χ0) is 12.1. The number of benzene rings is 1. The van der Waals surface area contributed by atoms with Crippen LogP contribution in [-0.2, 0) is 4.79 Å². The maximum Gasteiger partial charge on any atom is 0.285 e. The molecule has 0 unspecified atom stereocenters. The number of nitrogens with one attached hydrogen (secondary N) is 1. The summed E-state index contributed by atoms with van der Waals surface area (Å²) in [6.07, 6.45) is 2.93. The summed E-state index contributed by atoms with van der Waals surface area (Å²) in [4.78, 5) is 21.3. The Labute approximate surface area is 100 Å². The van der Waals surface area contributed by atoms with Gasteiger partial charge in [-0.3, -0.25) is 14.9 Å². The summed E-state index contributed by atoms with van der Waals surface area (Å²) in [5.41, 5.74) is 0.302. The minimum atomic E-state index is -0.518. The van der Waals surface area contributed by atoms with Crippen molar-refractivity contribution in [3.63, 3.8) is 0 Å². The second kappa shape index (κ2) is 5.41. The summed E-state index contributed by atoms with van der Waals surface area (Å²) in [7, 11) is 0. The smallest absolute Gasteiger partial charge is 0.285 e. The van der Waals surface area contributed by atoms with Gasteiger partial charge in [0.1, 0.15) is 0 Å². The molecular formula is C10H9BrN2O3. The van der Waals surface area contributed by atoms with Crippen LogP contribution in [0.3, 0.4) is 0 Å². The molecule has 0 spiro atoms. The molecule has 0 saturated heterocycles. The molecule has 0 aliphatic heterocycles. The molecule has 0 aliphatic rings. The first-order valence-electron chi connectivity index (χ1n) is 4.42. The maximum atomic E-state index is 11.2. The third-order valence-electron chi connectivity index (χ3n) is 1.73. The molecule has 1 N–H and O–H groups in total. The van der Waals surface area contributed by atoms with E-state index in [4.69, 9.17) is 0 Å². The van der Waals surface area contributed by atoms with E-state index in [1.165, 1.54) is 18.2 Å². The predicted molar refractivity (Wildman–Crippen MR) is 64.2 cm³/mol. The van der Waals surface area contributed by atoms with Crippen LogP contribution in [0.5, 0.6) is 0 Å². The zero-order valence-corrected chi connectivity index (χ0v) is 10.0. The van der Waals surface area contributed by atoms with Crippen LogP contribution in [0.15, 0.2) is 34.8 Å². The van der Waals surface area contributed by atoms with Gasteiger partial charge >= 0.3 is 0 Å². The Kier molecular flexibility index (Phi) is 4.19. The van der Waals surface area contributed by atoms with Gasteiger partial charge in [0.15, 0.2) is 0 Å². The average molecular weight is 285 g/mol. The first-order chi connectivity index (χ1) is 7.54. The van der Waals surface area contributed by atoms with Gasteiger partial charge in [-0.25, -0.2) is 0 Å². The minimum Gasteiger partial charge on any atom is -0.322 e. The lowest BCUT2D eigenvalue weighted by molar-refractivity contribution is -0.385. The molecule has 6 heteroatoms. The van der Waals surface area contributed by atoms with Gasteiger partial charge in [0.2, 0.25) is 5.91 Å². The van der Waals surface area contributed by atoms with Crippen LogP contribution in [0.25, 0.3) is 0 Å². The molecule has 0 aliphatic carbocycles. The van der Waals surface area contributed by atoms with Crippen LogP contribution in [0.2, 0.25) is 0 Å². The van der Waals surface area contributed by atoms with Crippen molar-refractivity contribution < 1.29 is 9.72 Å². The zero-order valence-electron chi connectivity index (χ0n) is 8.44. The number of nitrogens with zero attached hydrogens (tertiary/aromatic N) is 1. The summed E-state index contributed by atoms with van der Waals surface area (Å²) in [5, 5.41) is 13.1. The Morgan fingerprint density at radius 1 is 1.56 bits per heavy atom. The van der Waals surface area contributed by atoms with Crippen molar-refractivity contribution in [3.8, 4) is 0 Å². The van der Waals surface area contributed by atoms with Gasteiger partial charge in [-0.15, -0.1) is 0 Å². The maximum absolute atomic E-state index is 11.2. The molecule has 0 radical (unpaired) electrons. The molecule has 84 valence electrons. The Morgan fingerprint density at radius 3 is 2.81 bits per heavy atom. The number of hydrogen-bond acceptors (Lipinski definition) is 3. The van der Waals surface area contributed by atoms with E-state index in [1.807, 2.05) is 0 Å². The van der Waals surface area contributed by atoms with E-state index >= 15 is 0 Å². The Morgan fingerprint density at radius 2 is 2.25 bits per heavy atom. The monoisotopic (exact) mass is 284 g/mol. The highest BCUT2D eigenvalue weighted by molar-refractivity contribution is 9.10. The number of amides is 1. The molecule has 1 aromatic rings. The third-order valence-corrected chi connectivity index (χ3v) is 2.40. The lowest BCUT2D eigenvalue weighted by Gasteiger charge is -2.02. The number of carbonyl (C=O) groups excluding carboxylic acids is 1. The van der Waals surface area contributed by atoms with Gasteiger partial charge in [0.05, 0.1) is 9.40 Å². The van der Waals surface area contributed by atoms with Crippen LogP contribution in [0.1, 0.15) is 6.92 Å². The number of rotatable bonds is 3. The van der Waals surface area contributed by atoms with Crippen LogP contribution in [-0.4, -0.2) is 10.8 Å². The van der Waals surface area contributed by atoms with E-state index in [1.54, 1.807) is 19.1 Å². The first kappa shape index (κ1) is 12.4. The fraction of sp³-hybridized carbons (Fsp3) is 0.100. The normalized spacial score (nSPS) is 10.4. The Bertz CT molecular complexity index is 457. The average Bonchev–Trinajstić information content (AvgIpc) is 2.21. The largest absolute Gasteiger partial charge is 0.322 e. The molecule has 5 nitrogen and oxygen atoms in total. The highest BCUT2D eigenvalue weighted by Gasteiger charge is 2.12. The number of nitro benzene ring substituents is 1. The molecule has 0 fully saturated rings. The van der Waals surface area contributed by atoms with Gasteiger partial charge in [0.25, 0.3) is 5.69 Å². The van der Waals surface area contributed by atoms with Gasteiger partial charge in [0, 0.05) is 11.8 Å². The van der Waals surface area contributed by atoms with Crippen LogP contribution in [0.4, 0.5) is 11.4 Å². The van der Waals surface area contributed by atoms with E-state index in [-0.39, 0.29) is 11.6 Å². The third kappa shape index (κ3) is 3.16. The molecule has 0 saturated carbocycles. The number of hydrogen-bond donors (Lipinski definition) is 1. The van der Waals surface area contributed by atoms with Gasteiger partial charge in [-0.05, 0) is 41.1 Å². The fourth-order valence-corrected chi connectivity index (χ4v) is 1.46. The number of carbonyl (C=O) groups is 1. The molecule has 0 heterocycles. The highest BCUT2D eigenvalue weighted by Crippen LogP contribution is 2.27. The molecule has 0 bridgehead atoms. The molecule has 0 atom stereocenters. The van der Waals surface area contributed by atoms with Crippen molar-refractivity contribution >= 4 is 33.2 Å². The Hall–Kier alpha value is -1.69. The number of nitro groups is 1. The second-order valence-corrected chi connectivity index (χ2v) is 3.77. The Balaban J connectivity index is 2.95. The van der Waals surface area contributed by atoms with Gasteiger partial charge < -0.3 is 5.32 Å². The summed E-state index contributed by atoms with van der Waals surface area (Å²) in [6.45, 7) is 1.71. The van der Waals surface area contributed by atoms with E-state index in [0.717, 1.165) is 0 Å². The molecule has 1 amide bonds. The van der Waals surface area contributed by atoms with Crippen molar-refractivity contribution in [2.24, 2.45) is 0 Å². The molecule has 16 heavy (non-hydrogen) atoms. The van der Waals surface area contributed by atoms with Crippen molar-refractivity contribution in [3.05, 3.63) is 44.9 Å². The molecule has 0 aromatic heterocycles. The van der Waals surface area contributed by atoms with Crippen LogP contribution < -0.4 is 5.32 Å². The van der Waals surface area contributed by atoms with Gasteiger partial charge in [-0.1, -0.05) is 6.08 Å². The number of allylic oxidation sites excluding steroid dienone is 1. The van der Waals surface area contributed by atoms with Crippen molar-refractivity contribution in [2.75, 3.05) is 5.32 Å². The molecular weight excluding hydrogens is 276 g/mol. The summed E-state index contributed by atoms with van der Waals surface area (Å²) < 4.78 is 0.376. The minimum absolute atomic E-state index is 0.0849. The summed E-state index contributed by atoms with van der Waals surface area (Å²) in [6, 6.07) is 4.40. The van der Waals surface area contributed by atoms with Crippen LogP contribution in [0, 0.1) is 10.1 Å². The van der Waals surface area contributed by atoms with Crippen molar-refractivity contribution in [2.45, 2.75) is 6.92 Å². The van der Waals surface area contributed by atoms with E-state index < -0.39 is 4.92 Å². The molecule has 1 rings (SSSR count). The number of halogens is 1. The van der Waals surface area contributed by atoms with Gasteiger partial charge in [-0.2, -0.15) is 0 Å². The predicted octanol–water partition coefficient (Wildman–Crippen LogP) is 2.87. The van der Waals surface area contributed by atoms with E-state index in [2.05, 4.69) is 21.2 Å². The molecule has 1 aromatic carbocycles. The summed E-state index contributed by atoms with van der Waals surface area (Å²) in [5.74, 6) is -0.320. The first-order valence-corrected chi connectivity index (χ1v) is 5.21. The van der Waals surface area contributed by atoms with E-state index in [9.17, 15) is 14.9 Å². The quantitative estimate of drug-likeness (QED) is 0.527. The SMILES string of the molecule is CC=CC(=O)Nc1ccc(Br)c([N+](=O)[O-])c1. The highest BCUT2D eigenvalue weighted by atomic mass is 79.9. The van der Waals surface area contributed by atoms with Crippen molar-refractivity contribution in [1.29, 1.82) is 0 Å². The topological polar surface area (TPSA) is 72.2 Å². The van der Waals surface area contributed by atoms with Crippen molar-refractivity contribution in [1.82, 2.24) is 0 Å². The van der Waals surface area contributed by atoms with E-state index in [0.29, 0.717) is 10.2 Å². The number of anilines is 1. The second-order valence-electron chi connectivity index (χ2n) is 2.91. The van der Waals surface area contributed by atoms with Crippen LogP contribution >= 0.6 is 15.9 Å². The lowest BCUT2D eigenvalue weighted by Crippen LogP contribution is -2.07.